The normalized spacial score (nSPS) is 27.5. The first-order valence-corrected chi connectivity index (χ1v) is 6.43. The van der Waals surface area contributed by atoms with Gasteiger partial charge in [-0.15, -0.1) is 0 Å². The lowest BCUT2D eigenvalue weighted by atomic mass is 9.95. The fraction of sp³-hybridized carbons (Fsp3) is 0.727. The van der Waals surface area contributed by atoms with Gasteiger partial charge in [0.25, 0.3) is 0 Å². The molecular weight excluding hydrogens is 254 g/mol. The molecule has 0 amide bonds. The van der Waals surface area contributed by atoms with E-state index in [0.717, 1.165) is 16.8 Å². The second kappa shape index (κ2) is 3.08. The van der Waals surface area contributed by atoms with Crippen LogP contribution in [-0.4, -0.2) is 15.1 Å². The predicted octanol–water partition coefficient (Wildman–Crippen LogP) is 2.32. The molecule has 4 heteroatoms. The Morgan fingerprint density at radius 2 is 2.27 bits per heavy atom. The molecule has 1 aromatic rings. The highest BCUT2D eigenvalue weighted by Crippen LogP contribution is 2.48. The SMILES string of the molecule is Cc1nc(Br)n2c1CCCC2C1(N)CC1. The lowest BCUT2D eigenvalue weighted by Crippen LogP contribution is -2.37. The molecular formula is C11H16BrN3. The minimum absolute atomic E-state index is 0.0603. The van der Waals surface area contributed by atoms with E-state index in [4.69, 9.17) is 5.73 Å². The van der Waals surface area contributed by atoms with Crippen LogP contribution in [0.2, 0.25) is 0 Å². The van der Waals surface area contributed by atoms with Gasteiger partial charge in [-0.05, 0) is 55.0 Å². The maximum Gasteiger partial charge on any atom is 0.177 e. The van der Waals surface area contributed by atoms with Gasteiger partial charge in [0.15, 0.2) is 4.73 Å². The van der Waals surface area contributed by atoms with E-state index in [1.54, 1.807) is 0 Å². The van der Waals surface area contributed by atoms with Crippen molar-refractivity contribution in [2.45, 2.75) is 50.6 Å². The molecule has 1 unspecified atom stereocenters. The van der Waals surface area contributed by atoms with Crippen LogP contribution in [0, 0.1) is 6.92 Å². The van der Waals surface area contributed by atoms with Gasteiger partial charge >= 0.3 is 0 Å². The number of halogens is 1. The van der Waals surface area contributed by atoms with Crippen LogP contribution in [0.1, 0.15) is 43.1 Å². The molecule has 1 aromatic heterocycles. The quantitative estimate of drug-likeness (QED) is 0.851. The van der Waals surface area contributed by atoms with E-state index in [0.29, 0.717) is 6.04 Å². The predicted molar refractivity (Wildman–Crippen MR) is 62.8 cm³/mol. The molecule has 1 fully saturated rings. The first kappa shape index (κ1) is 9.85. The molecule has 82 valence electrons. The van der Waals surface area contributed by atoms with Crippen LogP contribution in [0.3, 0.4) is 0 Å². The van der Waals surface area contributed by atoms with Crippen molar-refractivity contribution in [3.63, 3.8) is 0 Å². The average molecular weight is 270 g/mol. The van der Waals surface area contributed by atoms with Gasteiger partial charge in [-0.1, -0.05) is 0 Å². The first-order chi connectivity index (χ1) is 7.12. The number of aryl methyl sites for hydroxylation is 1. The van der Waals surface area contributed by atoms with Gasteiger partial charge in [0.05, 0.1) is 11.7 Å². The second-order valence-electron chi connectivity index (χ2n) is 4.92. The molecule has 0 saturated heterocycles. The summed E-state index contributed by atoms with van der Waals surface area (Å²) in [6, 6.07) is 0.469. The summed E-state index contributed by atoms with van der Waals surface area (Å²) >= 11 is 3.56. The Hall–Kier alpha value is -0.350. The largest absolute Gasteiger partial charge is 0.323 e. The number of hydrogen-bond donors (Lipinski definition) is 1. The van der Waals surface area contributed by atoms with Gasteiger partial charge in [-0.25, -0.2) is 4.98 Å². The monoisotopic (exact) mass is 269 g/mol. The molecule has 15 heavy (non-hydrogen) atoms. The van der Waals surface area contributed by atoms with Gasteiger partial charge in [-0.3, -0.25) is 0 Å². The zero-order valence-electron chi connectivity index (χ0n) is 8.96. The van der Waals surface area contributed by atoms with Crippen molar-refractivity contribution >= 4 is 15.9 Å². The van der Waals surface area contributed by atoms with E-state index >= 15 is 0 Å². The number of aromatic nitrogens is 2. The van der Waals surface area contributed by atoms with E-state index in [-0.39, 0.29) is 5.54 Å². The fourth-order valence-corrected chi connectivity index (χ4v) is 3.50. The van der Waals surface area contributed by atoms with E-state index in [9.17, 15) is 0 Å². The summed E-state index contributed by atoms with van der Waals surface area (Å²) in [4.78, 5) is 4.51. The van der Waals surface area contributed by atoms with Crippen LogP contribution in [0.25, 0.3) is 0 Å². The van der Waals surface area contributed by atoms with Crippen molar-refractivity contribution in [2.75, 3.05) is 0 Å². The molecule has 2 aliphatic rings. The molecule has 0 spiro atoms. The van der Waals surface area contributed by atoms with Gasteiger partial charge in [0, 0.05) is 11.2 Å². The summed E-state index contributed by atoms with van der Waals surface area (Å²) in [6.07, 6.45) is 5.94. The van der Waals surface area contributed by atoms with Crippen LogP contribution in [0.4, 0.5) is 0 Å². The molecule has 1 saturated carbocycles. The molecule has 3 nitrogen and oxygen atoms in total. The molecule has 2 heterocycles. The number of rotatable bonds is 1. The molecule has 1 aliphatic carbocycles. The third-order valence-electron chi connectivity index (χ3n) is 3.86. The van der Waals surface area contributed by atoms with Crippen LogP contribution in [0.5, 0.6) is 0 Å². The summed E-state index contributed by atoms with van der Waals surface area (Å²) in [5, 5.41) is 0. The Morgan fingerprint density at radius 1 is 1.53 bits per heavy atom. The van der Waals surface area contributed by atoms with Gasteiger partial charge in [0.2, 0.25) is 0 Å². The average Bonchev–Trinajstić information content (AvgIpc) is 2.89. The van der Waals surface area contributed by atoms with E-state index in [2.05, 4.69) is 32.4 Å². The van der Waals surface area contributed by atoms with Crippen LogP contribution in [0.15, 0.2) is 4.73 Å². The van der Waals surface area contributed by atoms with Crippen molar-refractivity contribution in [3.05, 3.63) is 16.1 Å². The van der Waals surface area contributed by atoms with Crippen molar-refractivity contribution in [1.82, 2.24) is 9.55 Å². The highest BCUT2D eigenvalue weighted by molar-refractivity contribution is 9.10. The van der Waals surface area contributed by atoms with Crippen LogP contribution < -0.4 is 5.73 Å². The summed E-state index contributed by atoms with van der Waals surface area (Å²) in [7, 11) is 0. The molecule has 2 N–H and O–H groups in total. The fourth-order valence-electron chi connectivity index (χ4n) is 2.77. The second-order valence-corrected chi connectivity index (χ2v) is 5.63. The van der Waals surface area contributed by atoms with Crippen molar-refractivity contribution in [2.24, 2.45) is 5.73 Å². The van der Waals surface area contributed by atoms with Gasteiger partial charge in [-0.2, -0.15) is 0 Å². The maximum absolute atomic E-state index is 6.34. The highest BCUT2D eigenvalue weighted by Gasteiger charge is 2.48. The van der Waals surface area contributed by atoms with Crippen LogP contribution in [-0.2, 0) is 6.42 Å². The molecule has 1 aliphatic heterocycles. The van der Waals surface area contributed by atoms with E-state index < -0.39 is 0 Å². The van der Waals surface area contributed by atoms with Crippen molar-refractivity contribution in [3.8, 4) is 0 Å². The van der Waals surface area contributed by atoms with Crippen molar-refractivity contribution < 1.29 is 0 Å². The molecule has 1 atom stereocenters. The van der Waals surface area contributed by atoms with E-state index in [1.165, 1.54) is 31.4 Å². The minimum atomic E-state index is 0.0603. The molecule has 0 bridgehead atoms. The lowest BCUT2D eigenvalue weighted by molar-refractivity contribution is 0.321. The van der Waals surface area contributed by atoms with E-state index in [1.807, 2.05) is 0 Å². The summed E-state index contributed by atoms with van der Waals surface area (Å²) in [5.74, 6) is 0. The Kier molecular flexibility index (Phi) is 2.02. The Bertz CT molecular complexity index is 406. The zero-order valence-corrected chi connectivity index (χ0v) is 10.5. The maximum atomic E-state index is 6.34. The number of hydrogen-bond acceptors (Lipinski definition) is 2. The Balaban J connectivity index is 2.09. The Labute approximate surface area is 98.2 Å². The highest BCUT2D eigenvalue weighted by atomic mass is 79.9. The third kappa shape index (κ3) is 1.38. The smallest absolute Gasteiger partial charge is 0.177 e. The minimum Gasteiger partial charge on any atom is -0.323 e. The number of imidazole rings is 1. The third-order valence-corrected chi connectivity index (χ3v) is 4.42. The summed E-state index contributed by atoms with van der Waals surface area (Å²) in [5.41, 5.74) is 8.95. The summed E-state index contributed by atoms with van der Waals surface area (Å²) in [6.45, 7) is 2.09. The zero-order chi connectivity index (χ0) is 10.6. The molecule has 0 aromatic carbocycles. The standard InChI is InChI=1S/C11H16BrN3/c1-7-8-3-2-4-9(11(13)5-6-11)15(8)10(12)14-7/h9H,2-6,13H2,1H3. The molecule has 0 radical (unpaired) electrons. The lowest BCUT2D eigenvalue weighted by Gasteiger charge is -2.31. The molecule has 3 rings (SSSR count). The first-order valence-electron chi connectivity index (χ1n) is 5.64. The Morgan fingerprint density at radius 3 is 2.93 bits per heavy atom. The number of nitrogens with zero attached hydrogens (tertiary/aromatic N) is 2. The number of fused-ring (bicyclic) bond motifs is 1. The summed E-state index contributed by atoms with van der Waals surface area (Å²) < 4.78 is 3.31. The topological polar surface area (TPSA) is 43.8 Å². The number of nitrogens with two attached hydrogens (primary N) is 1. The van der Waals surface area contributed by atoms with Crippen molar-refractivity contribution in [1.29, 1.82) is 0 Å². The van der Waals surface area contributed by atoms with Gasteiger partial charge in [0.1, 0.15) is 0 Å². The van der Waals surface area contributed by atoms with Crippen LogP contribution >= 0.6 is 15.9 Å². The van der Waals surface area contributed by atoms with Gasteiger partial charge < -0.3 is 10.3 Å².